The molecule has 144 valence electrons. The van der Waals surface area contributed by atoms with E-state index >= 15 is 0 Å². The number of carbonyl (C=O) groups excluding carboxylic acids is 1. The van der Waals surface area contributed by atoms with Crippen LogP contribution in [-0.2, 0) is 13.2 Å². The highest BCUT2D eigenvalue weighted by Gasteiger charge is 2.11. The van der Waals surface area contributed by atoms with Gasteiger partial charge in [0.05, 0.1) is 5.52 Å². The molecule has 2 heterocycles. The van der Waals surface area contributed by atoms with Gasteiger partial charge < -0.3 is 14.6 Å². The lowest BCUT2D eigenvalue weighted by Gasteiger charge is -2.10. The van der Waals surface area contributed by atoms with Crippen molar-refractivity contribution >= 4 is 22.6 Å². The summed E-state index contributed by atoms with van der Waals surface area (Å²) in [5, 5.41) is 2.91. The normalized spacial score (nSPS) is 10.6. The summed E-state index contributed by atoms with van der Waals surface area (Å²) in [5.41, 5.74) is 3.90. The zero-order valence-electron chi connectivity index (χ0n) is 15.8. The van der Waals surface area contributed by atoms with E-state index in [4.69, 9.17) is 4.74 Å². The second kappa shape index (κ2) is 8.39. The first-order valence-electron chi connectivity index (χ1n) is 9.23. The van der Waals surface area contributed by atoms with Gasteiger partial charge in [0, 0.05) is 24.0 Å². The van der Waals surface area contributed by atoms with E-state index in [-0.39, 0.29) is 5.91 Å². The lowest BCUT2D eigenvalue weighted by molar-refractivity contribution is 0.102. The van der Waals surface area contributed by atoms with Gasteiger partial charge in [0.25, 0.3) is 5.91 Å². The number of benzene rings is 2. The Labute approximate surface area is 168 Å². The molecule has 4 rings (SSSR count). The van der Waals surface area contributed by atoms with E-state index in [2.05, 4.69) is 21.9 Å². The summed E-state index contributed by atoms with van der Waals surface area (Å²) in [6.45, 7) is 4.75. The number of allylic oxidation sites excluding steroid dienone is 1. The van der Waals surface area contributed by atoms with Crippen LogP contribution in [0.2, 0.25) is 0 Å². The molecule has 4 aromatic rings. The average Bonchev–Trinajstić information content (AvgIpc) is 3.17. The molecule has 1 N–H and O–H groups in total. The van der Waals surface area contributed by atoms with Crippen LogP contribution in [0.1, 0.15) is 15.9 Å². The summed E-state index contributed by atoms with van der Waals surface area (Å²) in [5.74, 6) is 0.365. The average molecular weight is 384 g/mol. The topological polar surface area (TPSA) is 69.0 Å². The molecule has 0 saturated carbocycles. The number of rotatable bonds is 7. The number of carbonyl (C=O) groups is 1. The molecule has 0 atom stereocenters. The number of ether oxygens (including phenoxy) is 1. The maximum atomic E-state index is 12.4. The zero-order valence-corrected chi connectivity index (χ0v) is 15.8. The Kier molecular flexibility index (Phi) is 5.33. The highest BCUT2D eigenvalue weighted by Crippen LogP contribution is 2.24. The summed E-state index contributed by atoms with van der Waals surface area (Å²) in [7, 11) is 0. The highest BCUT2D eigenvalue weighted by molar-refractivity contribution is 6.04. The van der Waals surface area contributed by atoms with Crippen LogP contribution in [-0.4, -0.2) is 20.4 Å². The van der Waals surface area contributed by atoms with E-state index < -0.39 is 0 Å². The minimum atomic E-state index is -0.150. The fourth-order valence-electron chi connectivity index (χ4n) is 3.08. The Balaban J connectivity index is 1.49. The lowest BCUT2D eigenvalue weighted by Crippen LogP contribution is -2.12. The van der Waals surface area contributed by atoms with Gasteiger partial charge in [-0.25, -0.2) is 4.98 Å². The minimum Gasteiger partial charge on any atom is -0.471 e. The van der Waals surface area contributed by atoms with Crippen molar-refractivity contribution in [1.29, 1.82) is 0 Å². The highest BCUT2D eigenvalue weighted by atomic mass is 16.5. The second-order valence-corrected chi connectivity index (χ2v) is 6.48. The third kappa shape index (κ3) is 4.16. The number of hydrogen-bond acceptors (Lipinski definition) is 4. The Morgan fingerprint density at radius 2 is 1.97 bits per heavy atom. The fourth-order valence-corrected chi connectivity index (χ4v) is 3.08. The third-order valence-corrected chi connectivity index (χ3v) is 4.44. The van der Waals surface area contributed by atoms with Crippen molar-refractivity contribution in [3.05, 3.63) is 97.0 Å². The molecule has 0 aliphatic carbocycles. The second-order valence-electron chi connectivity index (χ2n) is 6.48. The van der Waals surface area contributed by atoms with Crippen molar-refractivity contribution in [3.63, 3.8) is 0 Å². The number of hydrogen-bond donors (Lipinski definition) is 1. The van der Waals surface area contributed by atoms with Crippen LogP contribution in [0.4, 0.5) is 5.69 Å². The molecule has 0 unspecified atom stereocenters. The predicted octanol–water partition coefficient (Wildman–Crippen LogP) is 4.45. The first kappa shape index (κ1) is 18.4. The number of fused-ring (bicyclic) bond motifs is 1. The van der Waals surface area contributed by atoms with Gasteiger partial charge in [-0.2, -0.15) is 4.98 Å². The molecular formula is C23H20N4O2. The lowest BCUT2D eigenvalue weighted by atomic mass is 10.2. The van der Waals surface area contributed by atoms with Gasteiger partial charge in [0.15, 0.2) is 0 Å². The monoisotopic (exact) mass is 384 g/mol. The molecule has 2 aromatic carbocycles. The molecule has 0 saturated heterocycles. The molecule has 0 bridgehead atoms. The van der Waals surface area contributed by atoms with Gasteiger partial charge in [0.1, 0.15) is 18.5 Å². The van der Waals surface area contributed by atoms with Crippen molar-refractivity contribution in [2.75, 3.05) is 5.32 Å². The standard InChI is InChI=1S/C23H20N4O2/c1-2-12-27-13-11-20-21(27)23(25-16-24-20)29-15-17-7-6-10-19(14-17)26-22(28)18-8-4-3-5-9-18/h2-11,13-14,16H,1,12,15H2,(H,26,28). The molecule has 29 heavy (non-hydrogen) atoms. The first-order valence-corrected chi connectivity index (χ1v) is 9.23. The van der Waals surface area contributed by atoms with E-state index in [9.17, 15) is 4.79 Å². The Hall–Kier alpha value is -3.93. The van der Waals surface area contributed by atoms with E-state index in [0.29, 0.717) is 30.3 Å². The maximum absolute atomic E-state index is 12.4. The summed E-state index contributed by atoms with van der Waals surface area (Å²) in [4.78, 5) is 20.9. The molecule has 6 nitrogen and oxygen atoms in total. The van der Waals surface area contributed by atoms with E-state index in [1.54, 1.807) is 12.1 Å². The molecular weight excluding hydrogens is 364 g/mol. The van der Waals surface area contributed by atoms with Crippen LogP contribution in [0.5, 0.6) is 5.88 Å². The Morgan fingerprint density at radius 3 is 2.79 bits per heavy atom. The number of aromatic nitrogens is 3. The molecule has 0 aliphatic rings. The Morgan fingerprint density at radius 1 is 1.10 bits per heavy atom. The van der Waals surface area contributed by atoms with Gasteiger partial charge in [-0.15, -0.1) is 6.58 Å². The van der Waals surface area contributed by atoms with Crippen LogP contribution in [0.15, 0.2) is 85.8 Å². The fraction of sp³-hybridized carbons (Fsp3) is 0.0870. The van der Waals surface area contributed by atoms with Crippen LogP contribution in [0.25, 0.3) is 11.0 Å². The SMILES string of the molecule is C=CCn1ccc2ncnc(OCc3cccc(NC(=O)c4ccccc4)c3)c21. The van der Waals surface area contributed by atoms with E-state index in [1.807, 2.05) is 65.4 Å². The number of anilines is 1. The van der Waals surface area contributed by atoms with Crippen molar-refractivity contribution in [2.24, 2.45) is 0 Å². The van der Waals surface area contributed by atoms with Gasteiger partial charge in [-0.05, 0) is 35.9 Å². The van der Waals surface area contributed by atoms with Crippen LogP contribution >= 0.6 is 0 Å². The summed E-state index contributed by atoms with van der Waals surface area (Å²) in [6.07, 6.45) is 5.25. The molecule has 1 amide bonds. The molecule has 0 radical (unpaired) electrons. The van der Waals surface area contributed by atoms with E-state index in [0.717, 1.165) is 16.6 Å². The summed E-state index contributed by atoms with van der Waals surface area (Å²) in [6, 6.07) is 18.6. The van der Waals surface area contributed by atoms with Gasteiger partial charge in [-0.1, -0.05) is 36.4 Å². The number of nitrogens with one attached hydrogen (secondary N) is 1. The van der Waals surface area contributed by atoms with Crippen molar-refractivity contribution in [3.8, 4) is 5.88 Å². The molecule has 0 spiro atoms. The molecule has 0 aliphatic heterocycles. The van der Waals surface area contributed by atoms with E-state index in [1.165, 1.54) is 6.33 Å². The predicted molar refractivity (Wildman–Crippen MR) is 113 cm³/mol. The quantitative estimate of drug-likeness (QED) is 0.478. The zero-order chi connectivity index (χ0) is 20.1. The Bertz CT molecular complexity index is 1150. The summed E-state index contributed by atoms with van der Waals surface area (Å²) >= 11 is 0. The van der Waals surface area contributed by atoms with Crippen LogP contribution < -0.4 is 10.1 Å². The molecule has 0 fully saturated rings. The maximum Gasteiger partial charge on any atom is 0.255 e. The number of nitrogens with zero attached hydrogens (tertiary/aromatic N) is 3. The van der Waals surface area contributed by atoms with Crippen molar-refractivity contribution in [1.82, 2.24) is 14.5 Å². The third-order valence-electron chi connectivity index (χ3n) is 4.44. The molecule has 2 aromatic heterocycles. The van der Waals surface area contributed by atoms with Crippen LogP contribution in [0.3, 0.4) is 0 Å². The summed E-state index contributed by atoms with van der Waals surface area (Å²) < 4.78 is 7.97. The smallest absolute Gasteiger partial charge is 0.255 e. The molecule has 6 heteroatoms. The largest absolute Gasteiger partial charge is 0.471 e. The van der Waals surface area contributed by atoms with Gasteiger partial charge >= 0.3 is 0 Å². The van der Waals surface area contributed by atoms with Crippen LogP contribution in [0, 0.1) is 0 Å². The first-order chi connectivity index (χ1) is 14.2. The van der Waals surface area contributed by atoms with Crippen molar-refractivity contribution < 1.29 is 9.53 Å². The van der Waals surface area contributed by atoms with Crippen molar-refractivity contribution in [2.45, 2.75) is 13.2 Å². The van der Waals surface area contributed by atoms with Gasteiger partial charge in [-0.3, -0.25) is 4.79 Å². The van der Waals surface area contributed by atoms with Gasteiger partial charge in [0.2, 0.25) is 5.88 Å². The minimum absolute atomic E-state index is 0.150. The number of amides is 1.